The normalized spacial score (nSPS) is 4.67. The Morgan fingerprint density at radius 3 is 1.11 bits per heavy atom. The highest BCUT2D eigenvalue weighted by molar-refractivity contribution is 7.37. The lowest BCUT2D eigenvalue weighted by atomic mass is 10.7. The second kappa shape index (κ2) is 43.9. The average Bonchev–Trinajstić information content (AvgIpc) is 1.41. The van der Waals surface area contributed by atoms with Gasteiger partial charge < -0.3 is 19.4 Å². The van der Waals surface area contributed by atoms with Crippen molar-refractivity contribution >= 4 is 13.5 Å². The predicted octanol–water partition coefficient (Wildman–Crippen LogP) is -8.37. The molecule has 0 saturated carbocycles. The van der Waals surface area contributed by atoms with Gasteiger partial charge >= 0.3 is 13.5 Å². The van der Waals surface area contributed by atoms with E-state index in [-0.39, 0.29) is 27.6 Å². The van der Waals surface area contributed by atoms with Crippen LogP contribution in [0.5, 0.6) is 0 Å². The van der Waals surface area contributed by atoms with E-state index in [4.69, 9.17) is 0 Å². The molecule has 0 aliphatic heterocycles. The third-order valence-corrected chi connectivity index (χ3v) is 0.500. The van der Waals surface area contributed by atoms with E-state index in [1.807, 2.05) is 0 Å². The van der Waals surface area contributed by atoms with Gasteiger partial charge in [-0.25, -0.2) is 0 Å². The largest absolute Gasteiger partial charge is 3.00 e. The fourth-order valence-corrected chi connectivity index (χ4v) is 0.250. The summed E-state index contributed by atoms with van der Waals surface area (Å²) < 4.78 is 0. The Bertz CT molecular complexity index is 23.3. The molecule has 0 bridgehead atoms. The Morgan fingerprint density at radius 1 is 0.889 bits per heavy atom. The lowest BCUT2D eigenvalue weighted by molar-refractivity contribution is -0.00100. The van der Waals surface area contributed by atoms with Gasteiger partial charge in [-0.2, -0.15) is 0 Å². The smallest absolute Gasteiger partial charge is 1.00 e. The molecule has 9 heavy (non-hydrogen) atoms. The lowest BCUT2D eigenvalue weighted by Gasteiger charge is -1.86. The van der Waals surface area contributed by atoms with Gasteiger partial charge in [-0.3, -0.25) is 0 Å². The van der Waals surface area contributed by atoms with Crippen molar-refractivity contribution in [2.24, 2.45) is 0 Å². The van der Waals surface area contributed by atoms with Gasteiger partial charge in [0.05, 0.1) is 0 Å². The van der Waals surface area contributed by atoms with Crippen molar-refractivity contribution in [2.45, 2.75) is 13.8 Å². The maximum Gasteiger partial charge on any atom is 3.00 e. The zero-order valence-electron chi connectivity index (χ0n) is 5.46. The maximum absolute atomic E-state index is 3.11. The van der Waals surface area contributed by atoms with Crippen LogP contribution in [0, 0.1) is 0 Å². The summed E-state index contributed by atoms with van der Waals surface area (Å²) in [6.45, 7) is 6.39. The van der Waals surface area contributed by atoms with Gasteiger partial charge in [-0.05, 0) is 13.1 Å². The minimum atomic E-state index is 0. The fraction of sp³-hybridized carbons (Fsp3) is 1.00. The Labute approximate surface area is 60.8 Å². The van der Waals surface area contributed by atoms with Crippen LogP contribution in [-0.2, 0) is 13.5 Å². The molecule has 0 aromatic rings. The molecule has 0 saturated heterocycles. The molecule has 0 aromatic heterocycles. The molecule has 1 nitrogen and oxygen atoms in total. The van der Waals surface area contributed by atoms with E-state index in [0.717, 1.165) is 13.1 Å². The van der Waals surface area contributed by atoms with Crippen LogP contribution in [0.1, 0.15) is 13.8 Å². The predicted molar refractivity (Wildman–Crippen MR) is 31.6 cm³/mol. The topological polar surface area (TPSA) is 12.0 Å². The van der Waals surface area contributed by atoms with Crippen LogP contribution in [0.4, 0.5) is 0 Å². The van der Waals surface area contributed by atoms with Crippen molar-refractivity contribution in [3.8, 4) is 0 Å². The quantitative estimate of drug-likeness (QED) is 0.425. The van der Waals surface area contributed by atoms with Gasteiger partial charge in [-0.1, -0.05) is 13.8 Å². The van der Waals surface area contributed by atoms with Crippen LogP contribution in [0.3, 0.4) is 0 Å². The van der Waals surface area contributed by atoms with E-state index in [0.29, 0.717) is 0 Å². The highest BCUT2D eigenvalue weighted by atomic mass is 32.1. The standard InChI is InChI=1S/C4H11N.3FH.S/c1-3-5-4-2;;;;/h5H,3-4H2,1-2H3;3*1H;/q;;;;+3/p-3. The van der Waals surface area contributed by atoms with Crippen molar-refractivity contribution in [1.29, 1.82) is 0 Å². The molecule has 0 unspecified atom stereocenters. The van der Waals surface area contributed by atoms with Gasteiger partial charge in [0.15, 0.2) is 0 Å². The van der Waals surface area contributed by atoms with Crippen LogP contribution < -0.4 is 19.4 Å². The SMILES string of the molecule is CCNCC.[F-].[F-].[F-].[S+3]. The van der Waals surface area contributed by atoms with E-state index in [1.54, 1.807) is 0 Å². The summed E-state index contributed by atoms with van der Waals surface area (Å²) in [5.41, 5.74) is 0. The van der Waals surface area contributed by atoms with E-state index in [2.05, 4.69) is 19.2 Å². The molecule has 0 spiro atoms. The molecule has 1 N–H and O–H groups in total. The number of halogens is 3. The van der Waals surface area contributed by atoms with E-state index in [1.165, 1.54) is 0 Å². The first-order valence-electron chi connectivity index (χ1n) is 2.12. The Balaban J connectivity index is -0.0000000133. The Morgan fingerprint density at radius 2 is 1.11 bits per heavy atom. The second-order valence-electron chi connectivity index (χ2n) is 0.957. The van der Waals surface area contributed by atoms with Crippen LogP contribution in [0.25, 0.3) is 0 Å². The zero-order chi connectivity index (χ0) is 4.12. The van der Waals surface area contributed by atoms with Crippen molar-refractivity contribution in [3.05, 3.63) is 0 Å². The van der Waals surface area contributed by atoms with Crippen LogP contribution in [-0.4, -0.2) is 13.1 Å². The molecule has 5 heteroatoms. The molecule has 0 heterocycles. The molecule has 0 atom stereocenters. The van der Waals surface area contributed by atoms with Crippen molar-refractivity contribution in [1.82, 2.24) is 5.32 Å². The Kier molecular flexibility index (Phi) is 176. The molecule has 0 aromatic carbocycles. The second-order valence-corrected chi connectivity index (χ2v) is 0.957. The fourth-order valence-electron chi connectivity index (χ4n) is 0.250. The molecule has 0 fully saturated rings. The zero-order valence-corrected chi connectivity index (χ0v) is 6.27. The molecule has 0 aliphatic carbocycles. The minimum absolute atomic E-state index is 0. The van der Waals surface area contributed by atoms with Crippen molar-refractivity contribution in [3.63, 3.8) is 0 Å². The summed E-state index contributed by atoms with van der Waals surface area (Å²) >= 11 is 0. The molecular weight excluding hydrogens is 151 g/mol. The van der Waals surface area contributed by atoms with Crippen LogP contribution >= 0.6 is 0 Å². The summed E-state index contributed by atoms with van der Waals surface area (Å²) in [6, 6.07) is 0. The number of nitrogens with one attached hydrogen (secondary N) is 1. The highest BCUT2D eigenvalue weighted by Gasteiger charge is 3.00. The third-order valence-electron chi connectivity index (χ3n) is 0.500. The van der Waals surface area contributed by atoms with Crippen molar-refractivity contribution < 1.29 is 14.1 Å². The number of rotatable bonds is 2. The first-order chi connectivity index (χ1) is 2.41. The average molecular weight is 162 g/mol. The van der Waals surface area contributed by atoms with Gasteiger partial charge in [0, 0.05) is 0 Å². The molecular formula is C4H11F3NS. The van der Waals surface area contributed by atoms with E-state index in [9.17, 15) is 0 Å². The maximum atomic E-state index is 3.11. The molecule has 0 amide bonds. The molecule has 0 rings (SSSR count). The highest BCUT2D eigenvalue weighted by Crippen LogP contribution is 1.47. The Hall–Kier alpha value is -0.0300. The summed E-state index contributed by atoms with van der Waals surface area (Å²) in [4.78, 5) is 0. The van der Waals surface area contributed by atoms with Gasteiger partial charge in [-0.15, -0.1) is 0 Å². The lowest BCUT2D eigenvalue weighted by Crippen LogP contribution is -3.00. The van der Waals surface area contributed by atoms with E-state index >= 15 is 0 Å². The summed E-state index contributed by atoms with van der Waals surface area (Å²) in [5, 5.41) is 3.11. The van der Waals surface area contributed by atoms with Gasteiger partial charge in [0.1, 0.15) is 0 Å². The molecule has 59 valence electrons. The van der Waals surface area contributed by atoms with Crippen LogP contribution in [0.15, 0.2) is 0 Å². The van der Waals surface area contributed by atoms with Gasteiger partial charge in [0.2, 0.25) is 0 Å². The monoisotopic (exact) mass is 162 g/mol. The summed E-state index contributed by atoms with van der Waals surface area (Å²) in [6.07, 6.45) is 0. The number of hydrogen-bond donors (Lipinski definition) is 1. The minimum Gasteiger partial charge on any atom is -1.00 e. The molecule has 3 radical (unpaired) electrons. The summed E-state index contributed by atoms with van der Waals surface area (Å²) in [5.74, 6) is 0. The third kappa shape index (κ3) is 73.2. The molecule has 0 aliphatic rings. The first kappa shape index (κ1) is 36.2. The van der Waals surface area contributed by atoms with Gasteiger partial charge in [0.25, 0.3) is 0 Å². The first-order valence-corrected chi connectivity index (χ1v) is 2.12. The van der Waals surface area contributed by atoms with Crippen LogP contribution in [0.2, 0.25) is 0 Å². The summed E-state index contributed by atoms with van der Waals surface area (Å²) in [7, 11) is 0. The van der Waals surface area contributed by atoms with Crippen molar-refractivity contribution in [2.75, 3.05) is 13.1 Å². The van der Waals surface area contributed by atoms with E-state index < -0.39 is 0 Å². The number of hydrogen-bond acceptors (Lipinski definition) is 1.